The smallest absolute Gasteiger partial charge is 0.255 e. The number of anilines is 2. The van der Waals surface area contributed by atoms with Gasteiger partial charge in [-0.3, -0.25) is 4.79 Å². The summed E-state index contributed by atoms with van der Waals surface area (Å²) in [6, 6.07) is 12.4. The highest BCUT2D eigenvalue weighted by molar-refractivity contribution is 6.04. The third-order valence-corrected chi connectivity index (χ3v) is 3.87. The van der Waals surface area contributed by atoms with E-state index in [0.717, 1.165) is 5.69 Å². The normalized spacial score (nSPS) is 10.8. The summed E-state index contributed by atoms with van der Waals surface area (Å²) in [7, 11) is 0. The number of nitrogens with zero attached hydrogens (tertiary/aromatic N) is 4. The van der Waals surface area contributed by atoms with E-state index in [-0.39, 0.29) is 11.7 Å². The van der Waals surface area contributed by atoms with Gasteiger partial charge in [0.05, 0.1) is 17.3 Å². The van der Waals surface area contributed by atoms with Crippen LogP contribution in [0.5, 0.6) is 0 Å². The lowest BCUT2D eigenvalue weighted by atomic mass is 10.2. The molecular formula is C18H13FN6O. The molecule has 0 spiro atoms. The van der Waals surface area contributed by atoms with Crippen molar-refractivity contribution in [1.29, 1.82) is 0 Å². The highest BCUT2D eigenvalue weighted by atomic mass is 19.1. The van der Waals surface area contributed by atoms with Gasteiger partial charge in [0.25, 0.3) is 5.91 Å². The summed E-state index contributed by atoms with van der Waals surface area (Å²) in [5.74, 6) is -0.339. The molecule has 4 rings (SSSR count). The number of nitrogens with one attached hydrogen (secondary N) is 1. The van der Waals surface area contributed by atoms with Crippen molar-refractivity contribution < 1.29 is 9.18 Å². The lowest BCUT2D eigenvalue weighted by Crippen LogP contribution is -2.11. The molecule has 1 amide bonds. The molecule has 7 nitrogen and oxygen atoms in total. The van der Waals surface area contributed by atoms with Crippen molar-refractivity contribution in [3.8, 4) is 5.69 Å². The average Bonchev–Trinajstić information content (AvgIpc) is 3.08. The number of halogens is 1. The number of amides is 1. The van der Waals surface area contributed by atoms with Crippen LogP contribution in [0.3, 0.4) is 0 Å². The Balaban J connectivity index is 1.57. The van der Waals surface area contributed by atoms with E-state index in [2.05, 4.69) is 20.4 Å². The Labute approximate surface area is 147 Å². The van der Waals surface area contributed by atoms with Gasteiger partial charge in [-0.2, -0.15) is 5.10 Å². The Kier molecular flexibility index (Phi) is 3.77. The standard InChI is InChI=1S/C18H13FN6O/c19-12-3-1-11(2-4-12)18(26)24-13-5-7-14(8-6-13)25-17-15(9-23-25)16(20)21-10-22-17/h1-10H,(H,24,26)(H2,20,21,22). The first-order valence-electron chi connectivity index (χ1n) is 7.73. The van der Waals surface area contributed by atoms with Gasteiger partial charge in [0, 0.05) is 11.3 Å². The van der Waals surface area contributed by atoms with E-state index >= 15 is 0 Å². The van der Waals surface area contributed by atoms with Gasteiger partial charge >= 0.3 is 0 Å². The summed E-state index contributed by atoms with van der Waals surface area (Å²) in [5.41, 5.74) is 8.16. The van der Waals surface area contributed by atoms with E-state index < -0.39 is 0 Å². The molecule has 3 N–H and O–H groups in total. The zero-order chi connectivity index (χ0) is 18.1. The van der Waals surface area contributed by atoms with Gasteiger partial charge in [-0.25, -0.2) is 19.0 Å². The highest BCUT2D eigenvalue weighted by Gasteiger charge is 2.10. The highest BCUT2D eigenvalue weighted by Crippen LogP contribution is 2.21. The summed E-state index contributed by atoms with van der Waals surface area (Å²) in [4.78, 5) is 20.3. The number of nitrogens with two attached hydrogens (primary N) is 1. The monoisotopic (exact) mass is 348 g/mol. The molecule has 2 aromatic carbocycles. The number of hydrogen-bond donors (Lipinski definition) is 2. The Morgan fingerprint density at radius 3 is 2.50 bits per heavy atom. The second-order valence-electron chi connectivity index (χ2n) is 5.56. The molecule has 0 saturated carbocycles. The zero-order valence-electron chi connectivity index (χ0n) is 13.4. The molecule has 8 heteroatoms. The van der Waals surface area contributed by atoms with E-state index in [1.165, 1.54) is 30.6 Å². The molecule has 0 radical (unpaired) electrons. The van der Waals surface area contributed by atoms with Crippen LogP contribution in [0.15, 0.2) is 61.1 Å². The molecule has 0 aliphatic carbocycles. The van der Waals surface area contributed by atoms with E-state index in [1.54, 1.807) is 35.1 Å². The number of nitrogen functional groups attached to an aromatic ring is 1. The van der Waals surface area contributed by atoms with Crippen LogP contribution in [-0.2, 0) is 0 Å². The molecule has 0 aliphatic rings. The Morgan fingerprint density at radius 1 is 1.04 bits per heavy atom. The maximum absolute atomic E-state index is 12.9. The van der Waals surface area contributed by atoms with E-state index in [4.69, 9.17) is 5.73 Å². The van der Waals surface area contributed by atoms with Gasteiger partial charge in [-0.1, -0.05) is 0 Å². The molecule has 128 valence electrons. The van der Waals surface area contributed by atoms with Crippen molar-refractivity contribution in [2.24, 2.45) is 0 Å². The number of fused-ring (bicyclic) bond motifs is 1. The van der Waals surface area contributed by atoms with Crippen LogP contribution in [-0.4, -0.2) is 25.7 Å². The maximum atomic E-state index is 12.9. The minimum Gasteiger partial charge on any atom is -0.383 e. The molecule has 0 aliphatic heterocycles. The number of carbonyl (C=O) groups excluding carboxylic acids is 1. The summed E-state index contributed by atoms with van der Waals surface area (Å²) < 4.78 is 14.6. The summed E-state index contributed by atoms with van der Waals surface area (Å²) in [5, 5.41) is 7.71. The van der Waals surface area contributed by atoms with Crippen LogP contribution in [0.2, 0.25) is 0 Å². The van der Waals surface area contributed by atoms with Crippen LogP contribution in [0.4, 0.5) is 15.9 Å². The fraction of sp³-hybridized carbons (Fsp3) is 0. The van der Waals surface area contributed by atoms with Gasteiger partial charge in [0.15, 0.2) is 5.65 Å². The fourth-order valence-electron chi connectivity index (χ4n) is 2.54. The molecular weight excluding hydrogens is 335 g/mol. The lowest BCUT2D eigenvalue weighted by Gasteiger charge is -2.07. The minimum atomic E-state index is -0.387. The third-order valence-electron chi connectivity index (χ3n) is 3.87. The molecule has 0 fully saturated rings. The minimum absolute atomic E-state index is 0.317. The number of benzene rings is 2. The molecule has 26 heavy (non-hydrogen) atoms. The van der Waals surface area contributed by atoms with Crippen molar-refractivity contribution in [3.63, 3.8) is 0 Å². The summed E-state index contributed by atoms with van der Waals surface area (Å²) >= 11 is 0. The summed E-state index contributed by atoms with van der Waals surface area (Å²) in [6.07, 6.45) is 2.99. The van der Waals surface area contributed by atoms with Gasteiger partial charge in [-0.05, 0) is 48.5 Å². The third kappa shape index (κ3) is 2.84. The molecule has 2 aromatic heterocycles. The van der Waals surface area contributed by atoms with Gasteiger partial charge in [0.1, 0.15) is 18.0 Å². The number of carbonyl (C=O) groups is 1. The van der Waals surface area contributed by atoms with Crippen molar-refractivity contribution in [2.45, 2.75) is 0 Å². The van der Waals surface area contributed by atoms with Gasteiger partial charge < -0.3 is 11.1 Å². The van der Waals surface area contributed by atoms with Crippen LogP contribution >= 0.6 is 0 Å². The Hall–Kier alpha value is -3.81. The Bertz CT molecular complexity index is 1090. The van der Waals surface area contributed by atoms with Crippen LogP contribution in [0, 0.1) is 5.82 Å². The number of hydrogen-bond acceptors (Lipinski definition) is 5. The van der Waals surface area contributed by atoms with Crippen LogP contribution in [0.25, 0.3) is 16.7 Å². The van der Waals surface area contributed by atoms with Crippen LogP contribution in [0.1, 0.15) is 10.4 Å². The molecule has 2 heterocycles. The molecule has 0 unspecified atom stereocenters. The summed E-state index contributed by atoms with van der Waals surface area (Å²) in [6.45, 7) is 0. The Morgan fingerprint density at radius 2 is 1.77 bits per heavy atom. The zero-order valence-corrected chi connectivity index (χ0v) is 13.4. The van der Waals surface area contributed by atoms with Crippen molar-refractivity contribution >= 4 is 28.4 Å². The number of rotatable bonds is 3. The van der Waals surface area contributed by atoms with Gasteiger partial charge in [-0.15, -0.1) is 0 Å². The van der Waals surface area contributed by atoms with E-state index in [9.17, 15) is 9.18 Å². The number of aromatic nitrogens is 4. The van der Waals surface area contributed by atoms with Crippen molar-refractivity contribution in [1.82, 2.24) is 19.7 Å². The van der Waals surface area contributed by atoms with E-state index in [1.807, 2.05) is 0 Å². The quantitative estimate of drug-likeness (QED) is 0.593. The largest absolute Gasteiger partial charge is 0.383 e. The molecule has 0 atom stereocenters. The molecule has 0 saturated heterocycles. The SMILES string of the molecule is Nc1ncnc2c1cnn2-c1ccc(NC(=O)c2ccc(F)cc2)cc1. The lowest BCUT2D eigenvalue weighted by molar-refractivity contribution is 0.102. The predicted octanol–water partition coefficient (Wildman–Crippen LogP) is 2.79. The average molecular weight is 348 g/mol. The van der Waals surface area contributed by atoms with Gasteiger partial charge in [0.2, 0.25) is 0 Å². The first kappa shape index (κ1) is 15.7. The molecule has 4 aromatic rings. The topological polar surface area (TPSA) is 98.7 Å². The van der Waals surface area contributed by atoms with Crippen LogP contribution < -0.4 is 11.1 Å². The van der Waals surface area contributed by atoms with E-state index in [0.29, 0.717) is 28.1 Å². The van der Waals surface area contributed by atoms with Crippen molar-refractivity contribution in [3.05, 3.63) is 72.4 Å². The predicted molar refractivity (Wildman–Crippen MR) is 95.4 cm³/mol. The maximum Gasteiger partial charge on any atom is 0.255 e. The first-order valence-corrected chi connectivity index (χ1v) is 7.73. The molecule has 0 bridgehead atoms. The first-order chi connectivity index (χ1) is 12.6. The fourth-order valence-corrected chi connectivity index (χ4v) is 2.54. The van der Waals surface area contributed by atoms with Crippen molar-refractivity contribution in [2.75, 3.05) is 11.1 Å². The second-order valence-corrected chi connectivity index (χ2v) is 5.56. The second kappa shape index (κ2) is 6.25.